The molecule has 7 heteroatoms. The first kappa shape index (κ1) is 14.7. The molecule has 0 aliphatic heterocycles. The molecule has 5 nitrogen and oxygen atoms in total. The number of carbonyl (C=O) groups excluding carboxylic acids is 1. The number of benzene rings is 1. The zero-order chi connectivity index (χ0) is 14.5. The van der Waals surface area contributed by atoms with E-state index in [1.807, 2.05) is 6.92 Å². The van der Waals surface area contributed by atoms with Gasteiger partial charge in [0, 0.05) is 16.7 Å². The Labute approximate surface area is 126 Å². The smallest absolute Gasteiger partial charge is 0.263 e. The van der Waals surface area contributed by atoms with Crippen molar-refractivity contribution in [3.8, 4) is 5.75 Å². The van der Waals surface area contributed by atoms with E-state index in [9.17, 15) is 4.79 Å². The molecule has 1 heterocycles. The van der Waals surface area contributed by atoms with Gasteiger partial charge in [0.1, 0.15) is 11.6 Å². The molecule has 2 rings (SSSR count). The number of nitrogens with one attached hydrogen (secondary N) is 2. The van der Waals surface area contributed by atoms with Gasteiger partial charge in [-0.15, -0.1) is 0 Å². The number of hydrogen-bond acceptors (Lipinski definition) is 3. The lowest BCUT2D eigenvalue weighted by atomic mass is 10.2. The first-order chi connectivity index (χ1) is 9.60. The Bertz CT molecular complexity index is 613. The maximum absolute atomic E-state index is 11.8. The molecule has 0 radical (unpaired) electrons. The molecule has 1 amide bonds. The molecule has 0 spiro atoms. The van der Waals surface area contributed by atoms with Gasteiger partial charge in [-0.1, -0.05) is 30.1 Å². The summed E-state index contributed by atoms with van der Waals surface area (Å²) in [6.07, 6.45) is 2.44. The summed E-state index contributed by atoms with van der Waals surface area (Å²) in [5, 5.41) is 10.2. The van der Waals surface area contributed by atoms with Crippen LogP contribution in [0.15, 0.2) is 24.4 Å². The third kappa shape index (κ3) is 3.65. The lowest BCUT2D eigenvalue weighted by molar-refractivity contribution is -0.118. The van der Waals surface area contributed by atoms with Crippen LogP contribution in [-0.2, 0) is 11.2 Å². The van der Waals surface area contributed by atoms with E-state index < -0.39 is 0 Å². The Kier molecular flexibility index (Phi) is 4.87. The topological polar surface area (TPSA) is 67.0 Å². The average Bonchev–Trinajstić information content (AvgIpc) is 2.87. The zero-order valence-electron chi connectivity index (χ0n) is 10.7. The SMILES string of the molecule is CCc1cn[nH]c1NC(=O)COc1cc(Cl)ccc1Cl. The molecule has 20 heavy (non-hydrogen) atoms. The molecule has 1 aromatic carbocycles. The van der Waals surface area contributed by atoms with Crippen LogP contribution in [0.3, 0.4) is 0 Å². The summed E-state index contributed by atoms with van der Waals surface area (Å²) in [4.78, 5) is 11.8. The number of amides is 1. The quantitative estimate of drug-likeness (QED) is 0.890. The van der Waals surface area contributed by atoms with Gasteiger partial charge in [0.2, 0.25) is 0 Å². The van der Waals surface area contributed by atoms with E-state index in [1.54, 1.807) is 24.4 Å². The van der Waals surface area contributed by atoms with Crippen molar-refractivity contribution in [2.75, 3.05) is 11.9 Å². The molecule has 0 aliphatic carbocycles. The lowest BCUT2D eigenvalue weighted by Crippen LogP contribution is -2.21. The standard InChI is InChI=1S/C13H13Cl2N3O2/c1-2-8-6-16-18-13(8)17-12(19)7-20-11-5-9(14)3-4-10(11)15/h3-6H,2,7H2,1H3,(H2,16,17,18,19). The number of aromatic nitrogens is 2. The van der Waals surface area contributed by atoms with Crippen LogP contribution in [0.4, 0.5) is 5.82 Å². The van der Waals surface area contributed by atoms with Crippen molar-refractivity contribution in [2.45, 2.75) is 13.3 Å². The second-order valence-corrected chi connectivity index (χ2v) is 4.88. The molecular weight excluding hydrogens is 301 g/mol. The number of aryl methyl sites for hydroxylation is 1. The first-order valence-electron chi connectivity index (χ1n) is 6.00. The average molecular weight is 314 g/mol. The summed E-state index contributed by atoms with van der Waals surface area (Å²) in [7, 11) is 0. The fourth-order valence-corrected chi connectivity index (χ4v) is 1.93. The largest absolute Gasteiger partial charge is 0.482 e. The van der Waals surface area contributed by atoms with Gasteiger partial charge in [-0.2, -0.15) is 5.10 Å². The van der Waals surface area contributed by atoms with Crippen molar-refractivity contribution in [1.29, 1.82) is 0 Å². The highest BCUT2D eigenvalue weighted by atomic mass is 35.5. The second kappa shape index (κ2) is 6.63. The molecule has 0 unspecified atom stereocenters. The van der Waals surface area contributed by atoms with Crippen LogP contribution in [0.1, 0.15) is 12.5 Å². The van der Waals surface area contributed by atoms with Gasteiger partial charge in [-0.05, 0) is 18.6 Å². The summed E-state index contributed by atoms with van der Waals surface area (Å²) < 4.78 is 5.34. The van der Waals surface area contributed by atoms with E-state index >= 15 is 0 Å². The van der Waals surface area contributed by atoms with Crippen molar-refractivity contribution < 1.29 is 9.53 Å². The minimum Gasteiger partial charge on any atom is -0.482 e. The van der Waals surface area contributed by atoms with Crippen molar-refractivity contribution >= 4 is 34.9 Å². The molecule has 1 aromatic heterocycles. The summed E-state index contributed by atoms with van der Waals surface area (Å²) >= 11 is 11.8. The van der Waals surface area contributed by atoms with Gasteiger partial charge < -0.3 is 10.1 Å². The maximum Gasteiger partial charge on any atom is 0.263 e. The second-order valence-electron chi connectivity index (χ2n) is 4.04. The Morgan fingerprint density at radius 1 is 1.45 bits per heavy atom. The van der Waals surface area contributed by atoms with Crippen LogP contribution in [0.25, 0.3) is 0 Å². The van der Waals surface area contributed by atoms with Crippen LogP contribution in [0.5, 0.6) is 5.75 Å². The minimum atomic E-state index is -0.306. The molecule has 2 N–H and O–H groups in total. The molecule has 0 aliphatic rings. The Morgan fingerprint density at radius 3 is 3.00 bits per heavy atom. The fraction of sp³-hybridized carbons (Fsp3) is 0.231. The molecular formula is C13H13Cl2N3O2. The Morgan fingerprint density at radius 2 is 2.25 bits per heavy atom. The van der Waals surface area contributed by atoms with Crippen LogP contribution in [-0.4, -0.2) is 22.7 Å². The maximum atomic E-state index is 11.8. The van der Waals surface area contributed by atoms with Crippen molar-refractivity contribution in [3.63, 3.8) is 0 Å². The summed E-state index contributed by atoms with van der Waals surface area (Å²) in [6, 6.07) is 4.82. The molecule has 0 saturated carbocycles. The van der Waals surface area contributed by atoms with Gasteiger partial charge in [0.05, 0.1) is 11.2 Å². The highest BCUT2D eigenvalue weighted by molar-refractivity contribution is 6.34. The van der Waals surface area contributed by atoms with Crippen LogP contribution >= 0.6 is 23.2 Å². The third-order valence-electron chi connectivity index (χ3n) is 2.62. The Hall–Kier alpha value is -1.72. The van der Waals surface area contributed by atoms with Gasteiger partial charge in [0.15, 0.2) is 6.61 Å². The van der Waals surface area contributed by atoms with Crippen molar-refractivity contribution in [2.24, 2.45) is 0 Å². The highest BCUT2D eigenvalue weighted by Gasteiger charge is 2.10. The highest BCUT2D eigenvalue weighted by Crippen LogP contribution is 2.27. The zero-order valence-corrected chi connectivity index (χ0v) is 12.3. The molecule has 2 aromatic rings. The number of hydrogen-bond donors (Lipinski definition) is 2. The van der Waals surface area contributed by atoms with E-state index in [0.717, 1.165) is 12.0 Å². The number of aromatic amines is 1. The molecule has 106 valence electrons. The van der Waals surface area contributed by atoms with E-state index in [4.69, 9.17) is 27.9 Å². The lowest BCUT2D eigenvalue weighted by Gasteiger charge is -2.09. The Balaban J connectivity index is 1.94. The number of nitrogens with zero attached hydrogens (tertiary/aromatic N) is 1. The minimum absolute atomic E-state index is 0.164. The summed E-state index contributed by atoms with van der Waals surface area (Å²) in [5.74, 6) is 0.646. The van der Waals surface area contributed by atoms with E-state index in [1.165, 1.54) is 0 Å². The van der Waals surface area contributed by atoms with Gasteiger partial charge in [-0.25, -0.2) is 0 Å². The van der Waals surface area contributed by atoms with E-state index in [-0.39, 0.29) is 12.5 Å². The normalized spacial score (nSPS) is 10.3. The molecule has 0 fully saturated rings. The molecule has 0 atom stereocenters. The van der Waals surface area contributed by atoms with Gasteiger partial charge in [-0.3, -0.25) is 9.89 Å². The van der Waals surface area contributed by atoms with E-state index in [0.29, 0.717) is 21.6 Å². The number of rotatable bonds is 5. The van der Waals surface area contributed by atoms with Gasteiger partial charge >= 0.3 is 0 Å². The molecule has 0 bridgehead atoms. The number of anilines is 1. The summed E-state index contributed by atoms with van der Waals surface area (Å²) in [6.45, 7) is 1.81. The first-order valence-corrected chi connectivity index (χ1v) is 6.75. The van der Waals surface area contributed by atoms with Crippen LogP contribution < -0.4 is 10.1 Å². The van der Waals surface area contributed by atoms with Crippen molar-refractivity contribution in [3.05, 3.63) is 40.0 Å². The number of ether oxygens (including phenoxy) is 1. The van der Waals surface area contributed by atoms with Gasteiger partial charge in [0.25, 0.3) is 5.91 Å². The predicted molar refractivity (Wildman–Crippen MR) is 78.6 cm³/mol. The summed E-state index contributed by atoms with van der Waals surface area (Å²) in [5.41, 5.74) is 0.930. The van der Waals surface area contributed by atoms with Crippen LogP contribution in [0, 0.1) is 0 Å². The van der Waals surface area contributed by atoms with Crippen molar-refractivity contribution in [1.82, 2.24) is 10.2 Å². The van der Waals surface area contributed by atoms with Crippen LogP contribution in [0.2, 0.25) is 10.0 Å². The fourth-order valence-electron chi connectivity index (χ4n) is 1.59. The number of carbonyl (C=O) groups is 1. The third-order valence-corrected chi connectivity index (χ3v) is 3.16. The predicted octanol–water partition coefficient (Wildman–Crippen LogP) is 3.30. The monoisotopic (exact) mass is 313 g/mol. The number of halogens is 2. The van der Waals surface area contributed by atoms with E-state index in [2.05, 4.69) is 15.5 Å². The molecule has 0 saturated heterocycles. The number of H-pyrrole nitrogens is 1.